The molecule has 2 rings (SSSR count). The second kappa shape index (κ2) is 8.28. The molecule has 0 spiro atoms. The lowest BCUT2D eigenvalue weighted by molar-refractivity contribution is -0.385. The molecule has 2 aromatic carbocycles. The van der Waals surface area contributed by atoms with Gasteiger partial charge >= 0.3 is 5.69 Å². The Balaban J connectivity index is 2.13. The van der Waals surface area contributed by atoms with Crippen LogP contribution in [0.3, 0.4) is 0 Å². The van der Waals surface area contributed by atoms with Crippen LogP contribution in [0.5, 0.6) is 5.75 Å². The first kappa shape index (κ1) is 18.4. The molecule has 0 fully saturated rings. The van der Waals surface area contributed by atoms with Gasteiger partial charge in [0, 0.05) is 11.8 Å². The van der Waals surface area contributed by atoms with Crippen molar-refractivity contribution < 1.29 is 14.5 Å². The summed E-state index contributed by atoms with van der Waals surface area (Å²) in [7, 11) is 0. The number of hydrogen-bond acceptors (Lipinski definition) is 4. The predicted molar refractivity (Wildman–Crippen MR) is 97.2 cm³/mol. The van der Waals surface area contributed by atoms with Crippen molar-refractivity contribution >= 4 is 17.3 Å². The monoisotopic (exact) mass is 342 g/mol. The number of carbonyl (C=O) groups excluding carboxylic acids is 1. The highest BCUT2D eigenvalue weighted by atomic mass is 16.6. The molecular weight excluding hydrogens is 320 g/mol. The minimum Gasteiger partial charge on any atom is -0.477 e. The molecule has 2 aromatic rings. The molecule has 132 valence electrons. The summed E-state index contributed by atoms with van der Waals surface area (Å²) < 4.78 is 5.41. The first-order chi connectivity index (χ1) is 12.0. The predicted octanol–water partition coefficient (Wildman–Crippen LogP) is 4.05. The fourth-order valence-corrected chi connectivity index (χ4v) is 2.61. The lowest BCUT2D eigenvalue weighted by Crippen LogP contribution is -2.22. The van der Waals surface area contributed by atoms with Gasteiger partial charge in [0.2, 0.25) is 0 Å². The Kier molecular flexibility index (Phi) is 6.11. The Morgan fingerprint density at radius 2 is 1.80 bits per heavy atom. The summed E-state index contributed by atoms with van der Waals surface area (Å²) in [6, 6.07) is 10.5. The van der Waals surface area contributed by atoms with E-state index in [1.165, 1.54) is 6.07 Å². The molecule has 6 nitrogen and oxygen atoms in total. The van der Waals surface area contributed by atoms with E-state index in [0.29, 0.717) is 0 Å². The maximum absolute atomic E-state index is 12.3. The number of benzene rings is 2. The van der Waals surface area contributed by atoms with Crippen LogP contribution in [0.2, 0.25) is 0 Å². The normalized spacial score (nSPS) is 10.4. The van der Waals surface area contributed by atoms with Crippen molar-refractivity contribution in [3.63, 3.8) is 0 Å². The molecule has 1 amide bonds. The molecule has 25 heavy (non-hydrogen) atoms. The number of ether oxygens (including phenoxy) is 1. The maximum atomic E-state index is 12.3. The highest BCUT2D eigenvalue weighted by Crippen LogP contribution is 2.28. The number of nitro benzene ring substituents is 1. The number of aryl methyl sites for hydroxylation is 3. The van der Waals surface area contributed by atoms with E-state index in [1.807, 2.05) is 39.0 Å². The Hall–Kier alpha value is -2.89. The van der Waals surface area contributed by atoms with Gasteiger partial charge in [-0.2, -0.15) is 0 Å². The third-order valence-corrected chi connectivity index (χ3v) is 3.93. The topological polar surface area (TPSA) is 81.5 Å². The summed E-state index contributed by atoms with van der Waals surface area (Å²) >= 11 is 0. The van der Waals surface area contributed by atoms with Crippen LogP contribution in [0.1, 0.15) is 30.5 Å². The van der Waals surface area contributed by atoms with Crippen LogP contribution in [-0.2, 0) is 17.6 Å². The summed E-state index contributed by atoms with van der Waals surface area (Å²) in [5.41, 5.74) is 3.58. The van der Waals surface area contributed by atoms with E-state index < -0.39 is 4.92 Å². The average Bonchev–Trinajstić information content (AvgIpc) is 2.59. The van der Waals surface area contributed by atoms with Gasteiger partial charge in [-0.1, -0.05) is 38.1 Å². The Morgan fingerprint density at radius 1 is 1.16 bits per heavy atom. The van der Waals surface area contributed by atoms with Gasteiger partial charge in [0.1, 0.15) is 0 Å². The third-order valence-electron chi connectivity index (χ3n) is 3.93. The molecule has 0 aromatic heterocycles. The number of anilines is 1. The van der Waals surface area contributed by atoms with E-state index in [0.717, 1.165) is 35.2 Å². The second-order valence-electron chi connectivity index (χ2n) is 5.72. The van der Waals surface area contributed by atoms with Crippen LogP contribution < -0.4 is 10.1 Å². The quantitative estimate of drug-likeness (QED) is 0.608. The highest BCUT2D eigenvalue weighted by Gasteiger charge is 2.17. The molecule has 0 radical (unpaired) electrons. The van der Waals surface area contributed by atoms with Crippen molar-refractivity contribution in [2.45, 2.75) is 33.6 Å². The van der Waals surface area contributed by atoms with E-state index in [9.17, 15) is 14.9 Å². The molecule has 0 aliphatic rings. The Labute approximate surface area is 147 Å². The number of hydrogen-bond donors (Lipinski definition) is 1. The molecule has 0 heterocycles. The van der Waals surface area contributed by atoms with Gasteiger partial charge in [-0.25, -0.2) is 0 Å². The second-order valence-corrected chi connectivity index (χ2v) is 5.72. The molecule has 0 saturated carbocycles. The van der Waals surface area contributed by atoms with Crippen molar-refractivity contribution in [2.24, 2.45) is 0 Å². The van der Waals surface area contributed by atoms with Crippen LogP contribution in [0, 0.1) is 17.0 Å². The van der Waals surface area contributed by atoms with E-state index in [2.05, 4.69) is 5.32 Å². The molecular formula is C19H22N2O4. The zero-order valence-electron chi connectivity index (χ0n) is 14.7. The number of amides is 1. The van der Waals surface area contributed by atoms with Crippen molar-refractivity contribution in [2.75, 3.05) is 11.9 Å². The summed E-state index contributed by atoms with van der Waals surface area (Å²) in [5.74, 6) is -0.244. The first-order valence-electron chi connectivity index (χ1n) is 8.24. The van der Waals surface area contributed by atoms with Gasteiger partial charge in [-0.05, 0) is 42.5 Å². The van der Waals surface area contributed by atoms with E-state index >= 15 is 0 Å². The van der Waals surface area contributed by atoms with Gasteiger partial charge < -0.3 is 10.1 Å². The molecule has 1 N–H and O–H groups in total. The largest absolute Gasteiger partial charge is 0.477 e. The Morgan fingerprint density at radius 3 is 2.36 bits per heavy atom. The third kappa shape index (κ3) is 4.56. The fourth-order valence-electron chi connectivity index (χ4n) is 2.61. The SMILES string of the molecule is CCc1cccc(CC)c1NC(=O)COc1cc(C)ccc1[N+](=O)[O-]. The summed E-state index contributed by atoms with van der Waals surface area (Å²) in [4.78, 5) is 22.8. The smallest absolute Gasteiger partial charge is 0.310 e. The van der Waals surface area contributed by atoms with Crippen LogP contribution in [-0.4, -0.2) is 17.4 Å². The standard InChI is InChI=1S/C19H22N2O4/c1-4-14-7-6-8-15(5-2)19(14)20-18(22)12-25-17-11-13(3)9-10-16(17)21(23)24/h6-11H,4-5,12H2,1-3H3,(H,20,22). The number of nitrogens with zero attached hydrogens (tertiary/aromatic N) is 1. The zero-order valence-corrected chi connectivity index (χ0v) is 14.7. The molecule has 0 aliphatic carbocycles. The van der Waals surface area contributed by atoms with Gasteiger partial charge in [0.05, 0.1) is 4.92 Å². The molecule has 0 unspecified atom stereocenters. The zero-order chi connectivity index (χ0) is 18.4. The van der Waals surface area contributed by atoms with Crippen molar-refractivity contribution in [1.29, 1.82) is 0 Å². The number of carbonyl (C=O) groups is 1. The minimum absolute atomic E-state index is 0.0969. The Bertz CT molecular complexity index is 765. The summed E-state index contributed by atoms with van der Waals surface area (Å²) in [6.07, 6.45) is 1.60. The van der Waals surface area contributed by atoms with Gasteiger partial charge in [-0.3, -0.25) is 14.9 Å². The van der Waals surface area contributed by atoms with Gasteiger partial charge in [0.15, 0.2) is 12.4 Å². The minimum atomic E-state index is -0.520. The van der Waals surface area contributed by atoms with Gasteiger partial charge in [0.25, 0.3) is 5.91 Å². The van der Waals surface area contributed by atoms with Gasteiger partial charge in [-0.15, -0.1) is 0 Å². The number of rotatable bonds is 7. The van der Waals surface area contributed by atoms with E-state index in [4.69, 9.17) is 4.74 Å². The van der Waals surface area contributed by atoms with Crippen molar-refractivity contribution in [3.8, 4) is 5.75 Å². The number of para-hydroxylation sites is 1. The highest BCUT2D eigenvalue weighted by molar-refractivity contribution is 5.93. The maximum Gasteiger partial charge on any atom is 0.310 e. The summed E-state index contributed by atoms with van der Waals surface area (Å²) in [6.45, 7) is 5.57. The van der Waals surface area contributed by atoms with Crippen LogP contribution in [0.4, 0.5) is 11.4 Å². The molecule has 0 saturated heterocycles. The number of nitro groups is 1. The average molecular weight is 342 g/mol. The molecule has 0 atom stereocenters. The lowest BCUT2D eigenvalue weighted by atomic mass is 10.0. The van der Waals surface area contributed by atoms with Crippen LogP contribution in [0.15, 0.2) is 36.4 Å². The lowest BCUT2D eigenvalue weighted by Gasteiger charge is -2.14. The number of nitrogens with one attached hydrogen (secondary N) is 1. The molecule has 0 bridgehead atoms. The fraction of sp³-hybridized carbons (Fsp3) is 0.316. The summed E-state index contributed by atoms with van der Waals surface area (Å²) in [5, 5.41) is 13.9. The first-order valence-corrected chi connectivity index (χ1v) is 8.24. The van der Waals surface area contributed by atoms with E-state index in [-0.39, 0.29) is 24.0 Å². The van der Waals surface area contributed by atoms with Crippen molar-refractivity contribution in [3.05, 3.63) is 63.2 Å². The molecule has 6 heteroatoms. The van der Waals surface area contributed by atoms with Crippen LogP contribution >= 0.6 is 0 Å². The van der Waals surface area contributed by atoms with Crippen LogP contribution in [0.25, 0.3) is 0 Å². The van der Waals surface area contributed by atoms with E-state index in [1.54, 1.807) is 12.1 Å². The molecule has 0 aliphatic heterocycles. The van der Waals surface area contributed by atoms with Crippen molar-refractivity contribution in [1.82, 2.24) is 0 Å².